The lowest BCUT2D eigenvalue weighted by atomic mass is 10.3. The summed E-state index contributed by atoms with van der Waals surface area (Å²) in [5.74, 6) is 0.441. The minimum absolute atomic E-state index is 0.217. The number of hydrogen-bond acceptors (Lipinski definition) is 3. The standard InChI is InChI=1S/C9H11NO3/c1-4-6-9(13-3)8(11)7(12-2)5-10-6/h4-5H,1H2,2-3H3,(H,10,11). The summed E-state index contributed by atoms with van der Waals surface area (Å²) in [6, 6.07) is 0. The predicted octanol–water partition coefficient (Wildman–Crippen LogP) is 1.04. The summed E-state index contributed by atoms with van der Waals surface area (Å²) in [7, 11) is 2.86. The van der Waals surface area contributed by atoms with Gasteiger partial charge in [-0.3, -0.25) is 4.79 Å². The van der Waals surface area contributed by atoms with Crippen molar-refractivity contribution in [3.63, 3.8) is 0 Å². The second-order valence-corrected chi connectivity index (χ2v) is 2.34. The Bertz CT molecular complexity index is 368. The quantitative estimate of drug-likeness (QED) is 0.757. The van der Waals surface area contributed by atoms with E-state index in [-0.39, 0.29) is 16.9 Å². The van der Waals surface area contributed by atoms with Crippen LogP contribution < -0.4 is 14.9 Å². The highest BCUT2D eigenvalue weighted by molar-refractivity contribution is 5.52. The van der Waals surface area contributed by atoms with Crippen LogP contribution in [0.4, 0.5) is 0 Å². The van der Waals surface area contributed by atoms with Gasteiger partial charge in [0.15, 0.2) is 11.5 Å². The van der Waals surface area contributed by atoms with E-state index >= 15 is 0 Å². The van der Waals surface area contributed by atoms with Crippen LogP contribution >= 0.6 is 0 Å². The van der Waals surface area contributed by atoms with Crippen molar-refractivity contribution in [3.05, 3.63) is 28.7 Å². The molecule has 0 saturated heterocycles. The normalized spacial score (nSPS) is 9.38. The van der Waals surface area contributed by atoms with Crippen LogP contribution in [0.25, 0.3) is 6.08 Å². The van der Waals surface area contributed by atoms with E-state index < -0.39 is 0 Å². The largest absolute Gasteiger partial charge is 0.491 e. The average Bonchev–Trinajstić information content (AvgIpc) is 2.17. The van der Waals surface area contributed by atoms with Gasteiger partial charge in [0.1, 0.15) is 0 Å². The minimum atomic E-state index is -0.279. The highest BCUT2D eigenvalue weighted by Crippen LogP contribution is 2.14. The second kappa shape index (κ2) is 3.80. The summed E-state index contributed by atoms with van der Waals surface area (Å²) in [5.41, 5.74) is 0.270. The molecule has 13 heavy (non-hydrogen) atoms. The predicted molar refractivity (Wildman–Crippen MR) is 50.3 cm³/mol. The Morgan fingerprint density at radius 2 is 2.15 bits per heavy atom. The number of methoxy groups -OCH3 is 2. The molecule has 70 valence electrons. The fourth-order valence-electron chi connectivity index (χ4n) is 1.01. The topological polar surface area (TPSA) is 51.3 Å². The van der Waals surface area contributed by atoms with E-state index in [2.05, 4.69) is 11.6 Å². The molecule has 1 aromatic heterocycles. The highest BCUT2D eigenvalue weighted by Gasteiger charge is 2.09. The summed E-state index contributed by atoms with van der Waals surface area (Å²) in [5, 5.41) is 0. The van der Waals surface area contributed by atoms with E-state index in [4.69, 9.17) is 9.47 Å². The van der Waals surface area contributed by atoms with Gasteiger partial charge in [0.05, 0.1) is 19.9 Å². The lowest BCUT2D eigenvalue weighted by molar-refractivity contribution is 0.383. The van der Waals surface area contributed by atoms with Gasteiger partial charge in [0.25, 0.3) is 5.43 Å². The van der Waals surface area contributed by atoms with Crippen molar-refractivity contribution in [2.24, 2.45) is 0 Å². The van der Waals surface area contributed by atoms with Gasteiger partial charge in [-0.15, -0.1) is 0 Å². The summed E-state index contributed by atoms with van der Waals surface area (Å²) in [6.45, 7) is 3.55. The molecule has 0 aliphatic rings. The van der Waals surface area contributed by atoms with Gasteiger partial charge in [-0.05, 0) is 6.08 Å². The summed E-state index contributed by atoms with van der Waals surface area (Å²) < 4.78 is 9.74. The Hall–Kier alpha value is -1.71. The maximum Gasteiger partial charge on any atom is 0.265 e. The summed E-state index contributed by atoms with van der Waals surface area (Å²) in [6.07, 6.45) is 2.99. The van der Waals surface area contributed by atoms with Crippen molar-refractivity contribution >= 4 is 6.08 Å². The Morgan fingerprint density at radius 3 is 2.62 bits per heavy atom. The first-order valence-corrected chi connectivity index (χ1v) is 3.70. The van der Waals surface area contributed by atoms with Crippen LogP contribution in [0.1, 0.15) is 5.69 Å². The molecule has 0 atom stereocenters. The van der Waals surface area contributed by atoms with Crippen molar-refractivity contribution in [1.29, 1.82) is 0 Å². The Morgan fingerprint density at radius 1 is 1.46 bits per heavy atom. The molecule has 1 N–H and O–H groups in total. The van der Waals surface area contributed by atoms with Crippen LogP contribution in [0.3, 0.4) is 0 Å². The van der Waals surface area contributed by atoms with Gasteiger partial charge in [-0.1, -0.05) is 6.58 Å². The number of aromatic amines is 1. The van der Waals surface area contributed by atoms with E-state index in [9.17, 15) is 4.79 Å². The molecular weight excluding hydrogens is 170 g/mol. The Kier molecular flexibility index (Phi) is 2.74. The zero-order valence-electron chi connectivity index (χ0n) is 7.59. The summed E-state index contributed by atoms with van der Waals surface area (Å²) >= 11 is 0. The average molecular weight is 181 g/mol. The van der Waals surface area contributed by atoms with E-state index in [1.54, 1.807) is 0 Å². The second-order valence-electron chi connectivity index (χ2n) is 2.34. The van der Waals surface area contributed by atoms with Gasteiger partial charge in [-0.2, -0.15) is 0 Å². The molecule has 0 bridgehead atoms. The van der Waals surface area contributed by atoms with Gasteiger partial charge < -0.3 is 14.5 Å². The highest BCUT2D eigenvalue weighted by atomic mass is 16.5. The molecule has 1 rings (SSSR count). The SMILES string of the molecule is C=Cc1[nH]cc(OC)c(=O)c1OC. The van der Waals surface area contributed by atoms with Crippen LogP contribution in [0.2, 0.25) is 0 Å². The zero-order valence-corrected chi connectivity index (χ0v) is 7.59. The number of rotatable bonds is 3. The molecule has 1 aromatic rings. The van der Waals surface area contributed by atoms with Crippen LogP contribution in [0, 0.1) is 0 Å². The summed E-state index contributed by atoms with van der Waals surface area (Å²) in [4.78, 5) is 14.3. The van der Waals surface area contributed by atoms with Crippen LogP contribution in [0.15, 0.2) is 17.6 Å². The van der Waals surface area contributed by atoms with Gasteiger partial charge >= 0.3 is 0 Å². The first-order valence-electron chi connectivity index (χ1n) is 3.70. The Labute approximate surface area is 75.8 Å². The van der Waals surface area contributed by atoms with Crippen molar-refractivity contribution in [2.75, 3.05) is 14.2 Å². The smallest absolute Gasteiger partial charge is 0.265 e. The van der Waals surface area contributed by atoms with Crippen molar-refractivity contribution in [2.45, 2.75) is 0 Å². The molecule has 4 nitrogen and oxygen atoms in total. The van der Waals surface area contributed by atoms with E-state index in [1.807, 2.05) is 0 Å². The Balaban J connectivity index is 3.40. The van der Waals surface area contributed by atoms with Gasteiger partial charge in [-0.25, -0.2) is 0 Å². The molecule has 0 amide bonds. The molecule has 0 radical (unpaired) electrons. The molecule has 0 aliphatic heterocycles. The molecule has 0 saturated carbocycles. The number of hydrogen-bond donors (Lipinski definition) is 1. The lowest BCUT2D eigenvalue weighted by Gasteiger charge is -2.05. The minimum Gasteiger partial charge on any atom is -0.491 e. The molecule has 4 heteroatoms. The maximum absolute atomic E-state index is 11.5. The van der Waals surface area contributed by atoms with E-state index in [0.29, 0.717) is 5.69 Å². The number of aromatic nitrogens is 1. The van der Waals surface area contributed by atoms with E-state index in [0.717, 1.165) is 0 Å². The zero-order chi connectivity index (χ0) is 9.84. The fourth-order valence-corrected chi connectivity index (χ4v) is 1.01. The number of H-pyrrole nitrogens is 1. The molecule has 0 aliphatic carbocycles. The molecular formula is C9H11NO3. The number of ether oxygens (including phenoxy) is 2. The van der Waals surface area contributed by atoms with Crippen molar-refractivity contribution < 1.29 is 9.47 Å². The van der Waals surface area contributed by atoms with Crippen molar-refractivity contribution in [1.82, 2.24) is 4.98 Å². The number of nitrogens with one attached hydrogen (secondary N) is 1. The van der Waals surface area contributed by atoms with Crippen molar-refractivity contribution in [3.8, 4) is 11.5 Å². The first-order chi connectivity index (χ1) is 6.24. The molecule has 0 fully saturated rings. The first kappa shape index (κ1) is 9.38. The molecule has 0 unspecified atom stereocenters. The maximum atomic E-state index is 11.5. The third-order valence-corrected chi connectivity index (χ3v) is 1.66. The molecule has 0 spiro atoms. The van der Waals surface area contributed by atoms with Gasteiger partial charge in [0.2, 0.25) is 0 Å². The molecule has 0 aromatic carbocycles. The van der Waals surface area contributed by atoms with Crippen LogP contribution in [-0.4, -0.2) is 19.2 Å². The monoisotopic (exact) mass is 181 g/mol. The third-order valence-electron chi connectivity index (χ3n) is 1.66. The third kappa shape index (κ3) is 1.56. The van der Waals surface area contributed by atoms with Crippen LogP contribution in [-0.2, 0) is 0 Å². The fraction of sp³-hybridized carbons (Fsp3) is 0.222. The van der Waals surface area contributed by atoms with Gasteiger partial charge in [0, 0.05) is 6.20 Å². The number of pyridine rings is 1. The van der Waals surface area contributed by atoms with E-state index in [1.165, 1.54) is 26.5 Å². The van der Waals surface area contributed by atoms with Crippen LogP contribution in [0.5, 0.6) is 11.5 Å². The molecule has 1 heterocycles. The lowest BCUT2D eigenvalue weighted by Crippen LogP contribution is -2.10.